The maximum Gasteiger partial charge on any atom is 0.439 e. The minimum atomic E-state index is -2.72. The van der Waals surface area contributed by atoms with E-state index in [1.165, 1.54) is 0 Å². The van der Waals surface area contributed by atoms with Crippen molar-refractivity contribution < 1.29 is 13.3 Å². The molecule has 0 aliphatic carbocycles. The number of hydrogen-bond donors (Lipinski definition) is 2. The van der Waals surface area contributed by atoms with Crippen molar-refractivity contribution in [3.63, 3.8) is 0 Å². The molecule has 0 aliphatic heterocycles. The third-order valence-corrected chi connectivity index (χ3v) is 1.58. The highest BCUT2D eigenvalue weighted by molar-refractivity contribution is 5.56. The first-order chi connectivity index (χ1) is 6.68. The third kappa shape index (κ3) is 1.30. The molecule has 6 nitrogen and oxygen atoms in total. The summed E-state index contributed by atoms with van der Waals surface area (Å²) in [4.78, 5) is 12.7. The normalized spacial score (nSPS) is 11.1. The summed E-state index contributed by atoms with van der Waals surface area (Å²) in [6.45, 7) is 0. The van der Waals surface area contributed by atoms with Gasteiger partial charge in [-0.25, -0.2) is 13.6 Å². The molecule has 14 heavy (non-hydrogen) atoms. The smallest absolute Gasteiger partial charge is 0.296 e. The third-order valence-electron chi connectivity index (χ3n) is 1.58. The Balaban J connectivity index is 2.51. The fourth-order valence-corrected chi connectivity index (χ4v) is 0.997. The SMILES string of the molecule is O=c1[nH]c(-c2cn[nH]c2C(F)F)no1. The summed E-state index contributed by atoms with van der Waals surface area (Å²) in [5.41, 5.74) is -0.389. The number of nitrogens with one attached hydrogen (secondary N) is 2. The van der Waals surface area contributed by atoms with Gasteiger partial charge in [-0.1, -0.05) is 5.16 Å². The summed E-state index contributed by atoms with van der Waals surface area (Å²) in [6.07, 6.45) is -1.58. The van der Waals surface area contributed by atoms with E-state index in [0.29, 0.717) is 0 Å². The zero-order chi connectivity index (χ0) is 10.1. The second-order valence-electron chi connectivity index (χ2n) is 2.44. The fourth-order valence-electron chi connectivity index (χ4n) is 0.997. The molecule has 2 heterocycles. The van der Waals surface area contributed by atoms with Crippen LogP contribution in [0.2, 0.25) is 0 Å². The lowest BCUT2D eigenvalue weighted by Gasteiger charge is -1.95. The number of aromatic nitrogens is 4. The van der Waals surface area contributed by atoms with E-state index in [-0.39, 0.29) is 11.4 Å². The Morgan fingerprint density at radius 1 is 1.50 bits per heavy atom. The van der Waals surface area contributed by atoms with Crippen LogP contribution >= 0.6 is 0 Å². The average Bonchev–Trinajstić information content (AvgIpc) is 2.70. The van der Waals surface area contributed by atoms with Crippen molar-refractivity contribution in [2.45, 2.75) is 6.43 Å². The van der Waals surface area contributed by atoms with Crippen LogP contribution in [-0.4, -0.2) is 20.3 Å². The Labute approximate surface area is 74.9 Å². The van der Waals surface area contributed by atoms with E-state index in [9.17, 15) is 13.6 Å². The lowest BCUT2D eigenvalue weighted by molar-refractivity contribution is 0.146. The zero-order valence-electron chi connectivity index (χ0n) is 6.62. The predicted octanol–water partition coefficient (Wildman–Crippen LogP) is 0.691. The number of nitrogens with zero attached hydrogens (tertiary/aromatic N) is 2. The van der Waals surface area contributed by atoms with Crippen molar-refractivity contribution in [1.82, 2.24) is 20.3 Å². The highest BCUT2D eigenvalue weighted by atomic mass is 19.3. The molecule has 0 fully saturated rings. The predicted molar refractivity (Wildman–Crippen MR) is 39.7 cm³/mol. The van der Waals surface area contributed by atoms with Crippen LogP contribution in [0, 0.1) is 0 Å². The number of aromatic amines is 2. The van der Waals surface area contributed by atoms with Gasteiger partial charge in [0.15, 0.2) is 5.82 Å². The van der Waals surface area contributed by atoms with Gasteiger partial charge in [-0.2, -0.15) is 5.10 Å². The second-order valence-corrected chi connectivity index (χ2v) is 2.44. The first-order valence-electron chi connectivity index (χ1n) is 3.56. The molecule has 8 heteroatoms. The topological polar surface area (TPSA) is 87.6 Å². The van der Waals surface area contributed by atoms with Crippen LogP contribution in [-0.2, 0) is 0 Å². The van der Waals surface area contributed by atoms with E-state index in [4.69, 9.17) is 0 Å². The fraction of sp³-hybridized carbons (Fsp3) is 0.167. The molecule has 0 atom stereocenters. The van der Waals surface area contributed by atoms with E-state index in [2.05, 4.69) is 24.9 Å². The number of alkyl halides is 2. The molecule has 0 aromatic carbocycles. The minimum absolute atomic E-state index is 0.0193. The van der Waals surface area contributed by atoms with Crippen molar-refractivity contribution in [2.24, 2.45) is 0 Å². The van der Waals surface area contributed by atoms with Gasteiger partial charge in [0, 0.05) is 0 Å². The average molecular weight is 202 g/mol. The van der Waals surface area contributed by atoms with E-state index in [1.807, 2.05) is 0 Å². The van der Waals surface area contributed by atoms with Gasteiger partial charge in [-0.3, -0.25) is 14.6 Å². The van der Waals surface area contributed by atoms with Crippen LogP contribution in [0.3, 0.4) is 0 Å². The number of halogens is 2. The van der Waals surface area contributed by atoms with Crippen molar-refractivity contribution in [3.05, 3.63) is 22.4 Å². The quantitative estimate of drug-likeness (QED) is 0.749. The molecule has 2 rings (SSSR count). The molecule has 0 unspecified atom stereocenters. The maximum absolute atomic E-state index is 12.3. The molecule has 74 valence electrons. The first kappa shape index (κ1) is 8.60. The molecule has 0 spiro atoms. The van der Waals surface area contributed by atoms with Crippen molar-refractivity contribution in [2.75, 3.05) is 0 Å². The summed E-state index contributed by atoms with van der Waals surface area (Å²) in [7, 11) is 0. The summed E-state index contributed by atoms with van der Waals surface area (Å²) in [5, 5.41) is 8.79. The van der Waals surface area contributed by atoms with Gasteiger partial charge in [0.2, 0.25) is 0 Å². The summed E-state index contributed by atoms with van der Waals surface area (Å²) >= 11 is 0. The second kappa shape index (κ2) is 3.05. The number of hydrogen-bond acceptors (Lipinski definition) is 4. The molecule has 0 saturated heterocycles. The Bertz CT molecular complexity index is 486. The highest BCUT2D eigenvalue weighted by Gasteiger charge is 2.19. The van der Waals surface area contributed by atoms with Crippen LogP contribution in [0.1, 0.15) is 12.1 Å². The standard InChI is InChI=1S/C6H4F2N4O2/c7-4(8)3-2(1-9-11-3)5-10-6(13)14-12-5/h1,4H,(H,9,11)(H,10,12,13). The van der Waals surface area contributed by atoms with Gasteiger partial charge < -0.3 is 0 Å². The van der Waals surface area contributed by atoms with Gasteiger partial charge in [0.1, 0.15) is 5.69 Å². The molecule has 2 aromatic heterocycles. The van der Waals surface area contributed by atoms with Crippen LogP contribution < -0.4 is 5.76 Å². The van der Waals surface area contributed by atoms with Gasteiger partial charge in [0.25, 0.3) is 6.43 Å². The van der Waals surface area contributed by atoms with E-state index in [1.54, 1.807) is 0 Å². The molecule has 0 saturated carbocycles. The van der Waals surface area contributed by atoms with Crippen LogP contribution in [0.15, 0.2) is 15.5 Å². The number of rotatable bonds is 2. The van der Waals surface area contributed by atoms with E-state index < -0.39 is 17.9 Å². The lowest BCUT2D eigenvalue weighted by Crippen LogP contribution is -1.96. The van der Waals surface area contributed by atoms with Crippen molar-refractivity contribution in [1.29, 1.82) is 0 Å². The lowest BCUT2D eigenvalue weighted by atomic mass is 10.2. The van der Waals surface area contributed by atoms with Gasteiger partial charge in [-0.15, -0.1) is 0 Å². The molecule has 2 N–H and O–H groups in total. The molecular weight excluding hydrogens is 198 g/mol. The summed E-state index contributed by atoms with van der Waals surface area (Å²) < 4.78 is 28.8. The van der Waals surface area contributed by atoms with Gasteiger partial charge in [-0.05, 0) is 0 Å². The monoisotopic (exact) mass is 202 g/mol. The summed E-state index contributed by atoms with van der Waals surface area (Å²) in [5.74, 6) is -0.875. The Hall–Kier alpha value is -1.99. The highest BCUT2D eigenvalue weighted by Crippen LogP contribution is 2.25. The molecule has 0 aliphatic rings. The molecule has 2 aromatic rings. The van der Waals surface area contributed by atoms with Crippen molar-refractivity contribution in [3.8, 4) is 11.4 Å². The van der Waals surface area contributed by atoms with E-state index >= 15 is 0 Å². The first-order valence-corrected chi connectivity index (χ1v) is 3.56. The van der Waals surface area contributed by atoms with Crippen LogP contribution in [0.5, 0.6) is 0 Å². The maximum atomic E-state index is 12.3. The van der Waals surface area contributed by atoms with Gasteiger partial charge >= 0.3 is 5.76 Å². The van der Waals surface area contributed by atoms with E-state index in [0.717, 1.165) is 6.20 Å². The zero-order valence-corrected chi connectivity index (χ0v) is 6.62. The minimum Gasteiger partial charge on any atom is -0.296 e. The van der Waals surface area contributed by atoms with Gasteiger partial charge in [0.05, 0.1) is 11.8 Å². The molecular formula is C6H4F2N4O2. The summed E-state index contributed by atoms with van der Waals surface area (Å²) in [6, 6.07) is 0. The Kier molecular flexibility index (Phi) is 1.88. The molecule has 0 radical (unpaired) electrons. The van der Waals surface area contributed by atoms with Crippen LogP contribution in [0.25, 0.3) is 11.4 Å². The van der Waals surface area contributed by atoms with Crippen molar-refractivity contribution >= 4 is 0 Å². The molecule has 0 amide bonds. The van der Waals surface area contributed by atoms with Crippen LogP contribution in [0.4, 0.5) is 8.78 Å². The molecule has 0 bridgehead atoms. The largest absolute Gasteiger partial charge is 0.439 e. The Morgan fingerprint density at radius 2 is 2.29 bits per heavy atom. The number of H-pyrrole nitrogens is 2. The Morgan fingerprint density at radius 3 is 2.86 bits per heavy atom.